The molecule has 0 aromatic heterocycles. The van der Waals surface area contributed by atoms with Crippen LogP contribution in [0.3, 0.4) is 0 Å². The van der Waals surface area contributed by atoms with Gasteiger partial charge in [-0.15, -0.1) is 0 Å². The first-order valence-corrected chi connectivity index (χ1v) is 5.78. The molecular formula is C14H22. The fourth-order valence-corrected chi connectivity index (χ4v) is 2.07. The number of rotatable bonds is 4. The highest BCUT2D eigenvalue weighted by Crippen LogP contribution is 2.19. The van der Waals surface area contributed by atoms with E-state index in [4.69, 9.17) is 0 Å². The van der Waals surface area contributed by atoms with Crippen LogP contribution in [-0.4, -0.2) is 0 Å². The molecule has 1 aromatic carbocycles. The van der Waals surface area contributed by atoms with Crippen molar-refractivity contribution >= 4 is 0 Å². The normalized spacial score (nSPS) is 10.6. The average molecular weight is 190 g/mol. The minimum atomic E-state index is 1.23. The van der Waals surface area contributed by atoms with E-state index in [0.29, 0.717) is 0 Å². The predicted molar refractivity (Wildman–Crippen MR) is 63.9 cm³/mol. The summed E-state index contributed by atoms with van der Waals surface area (Å²) in [6.45, 7) is 8.98. The van der Waals surface area contributed by atoms with Crippen molar-refractivity contribution in [1.29, 1.82) is 0 Å². The van der Waals surface area contributed by atoms with Crippen molar-refractivity contribution in [2.75, 3.05) is 0 Å². The van der Waals surface area contributed by atoms with Gasteiger partial charge in [0.05, 0.1) is 0 Å². The Labute approximate surface area is 88.4 Å². The van der Waals surface area contributed by atoms with Gasteiger partial charge in [0.2, 0.25) is 0 Å². The van der Waals surface area contributed by atoms with E-state index in [1.165, 1.54) is 36.8 Å². The van der Waals surface area contributed by atoms with Gasteiger partial charge in [-0.2, -0.15) is 0 Å². The lowest BCUT2D eigenvalue weighted by Gasteiger charge is -2.12. The highest BCUT2D eigenvalue weighted by molar-refractivity contribution is 5.38. The van der Waals surface area contributed by atoms with E-state index >= 15 is 0 Å². The Hall–Kier alpha value is -0.780. The molecule has 0 aliphatic carbocycles. The van der Waals surface area contributed by atoms with Crippen molar-refractivity contribution in [3.63, 3.8) is 0 Å². The lowest BCUT2D eigenvalue weighted by Crippen LogP contribution is -1.97. The van der Waals surface area contributed by atoms with Gasteiger partial charge in [-0.25, -0.2) is 0 Å². The molecule has 0 heteroatoms. The molecule has 0 saturated carbocycles. The van der Waals surface area contributed by atoms with Gasteiger partial charge in [0.15, 0.2) is 0 Å². The standard InChI is InChI=1S/C14H22/c1-5-7-13-9-11(3)10-14(8-6-2)12(13)4/h9-10H,5-8H2,1-4H3. The molecule has 0 unspecified atom stereocenters. The van der Waals surface area contributed by atoms with Crippen LogP contribution in [0, 0.1) is 13.8 Å². The smallest absolute Gasteiger partial charge is 0.0279 e. The Morgan fingerprint density at radius 3 is 1.64 bits per heavy atom. The minimum Gasteiger partial charge on any atom is -0.0651 e. The summed E-state index contributed by atoms with van der Waals surface area (Å²) in [5.74, 6) is 0. The van der Waals surface area contributed by atoms with Crippen molar-refractivity contribution in [3.05, 3.63) is 34.4 Å². The molecule has 0 N–H and O–H groups in total. The zero-order chi connectivity index (χ0) is 10.6. The SMILES string of the molecule is CCCc1cc(C)cc(CCC)c1C. The minimum absolute atomic E-state index is 1.23. The molecule has 0 saturated heterocycles. The Morgan fingerprint density at radius 1 is 0.857 bits per heavy atom. The summed E-state index contributed by atoms with van der Waals surface area (Å²) in [6.07, 6.45) is 4.94. The maximum absolute atomic E-state index is 2.35. The zero-order valence-electron chi connectivity index (χ0n) is 9.98. The Balaban J connectivity index is 3.04. The van der Waals surface area contributed by atoms with Gasteiger partial charge in [0.25, 0.3) is 0 Å². The second-order valence-electron chi connectivity index (χ2n) is 4.21. The first kappa shape index (κ1) is 11.3. The van der Waals surface area contributed by atoms with Crippen molar-refractivity contribution in [1.82, 2.24) is 0 Å². The molecule has 0 aliphatic heterocycles. The third-order valence-electron chi connectivity index (χ3n) is 2.81. The number of aryl methyl sites for hydroxylation is 3. The molecule has 14 heavy (non-hydrogen) atoms. The summed E-state index contributed by atoms with van der Waals surface area (Å²) in [7, 11) is 0. The van der Waals surface area contributed by atoms with Gasteiger partial charge in [0.1, 0.15) is 0 Å². The van der Waals surface area contributed by atoms with Crippen LogP contribution >= 0.6 is 0 Å². The van der Waals surface area contributed by atoms with Gasteiger partial charge in [-0.1, -0.05) is 44.4 Å². The highest BCUT2D eigenvalue weighted by atomic mass is 14.1. The van der Waals surface area contributed by atoms with Crippen LogP contribution in [-0.2, 0) is 12.8 Å². The van der Waals surface area contributed by atoms with E-state index in [0.717, 1.165) is 0 Å². The second kappa shape index (κ2) is 5.19. The second-order valence-corrected chi connectivity index (χ2v) is 4.21. The highest BCUT2D eigenvalue weighted by Gasteiger charge is 2.04. The molecule has 1 aromatic rings. The predicted octanol–water partition coefficient (Wildman–Crippen LogP) is 4.21. The maximum Gasteiger partial charge on any atom is -0.0279 e. The fraction of sp³-hybridized carbons (Fsp3) is 0.571. The quantitative estimate of drug-likeness (QED) is 0.667. The number of hydrogen-bond acceptors (Lipinski definition) is 0. The molecule has 0 spiro atoms. The van der Waals surface area contributed by atoms with Gasteiger partial charge >= 0.3 is 0 Å². The van der Waals surface area contributed by atoms with Gasteiger partial charge in [0, 0.05) is 0 Å². The Morgan fingerprint density at radius 2 is 1.29 bits per heavy atom. The third-order valence-corrected chi connectivity index (χ3v) is 2.81. The van der Waals surface area contributed by atoms with E-state index in [-0.39, 0.29) is 0 Å². The lowest BCUT2D eigenvalue weighted by atomic mass is 9.94. The molecule has 0 bridgehead atoms. The topological polar surface area (TPSA) is 0 Å². The maximum atomic E-state index is 2.35. The van der Waals surface area contributed by atoms with Crippen LogP contribution in [0.25, 0.3) is 0 Å². The lowest BCUT2D eigenvalue weighted by molar-refractivity contribution is 0.877. The van der Waals surface area contributed by atoms with Crippen LogP contribution in [0.15, 0.2) is 12.1 Å². The third kappa shape index (κ3) is 2.60. The molecule has 0 radical (unpaired) electrons. The summed E-state index contributed by atoms with van der Waals surface area (Å²) in [5, 5.41) is 0. The molecule has 0 nitrogen and oxygen atoms in total. The van der Waals surface area contributed by atoms with Crippen molar-refractivity contribution in [2.45, 2.75) is 53.4 Å². The van der Waals surface area contributed by atoms with Crippen LogP contribution < -0.4 is 0 Å². The van der Waals surface area contributed by atoms with Crippen LogP contribution in [0.2, 0.25) is 0 Å². The Bertz CT molecular complexity index is 270. The molecule has 0 heterocycles. The van der Waals surface area contributed by atoms with Crippen LogP contribution in [0.1, 0.15) is 48.9 Å². The summed E-state index contributed by atoms with van der Waals surface area (Å²) < 4.78 is 0. The molecular weight excluding hydrogens is 168 g/mol. The van der Waals surface area contributed by atoms with Crippen molar-refractivity contribution in [3.8, 4) is 0 Å². The monoisotopic (exact) mass is 190 g/mol. The van der Waals surface area contributed by atoms with E-state index in [2.05, 4.69) is 39.8 Å². The molecule has 78 valence electrons. The Kier molecular flexibility index (Phi) is 4.19. The fourth-order valence-electron chi connectivity index (χ4n) is 2.07. The van der Waals surface area contributed by atoms with E-state index in [9.17, 15) is 0 Å². The summed E-state index contributed by atoms with van der Waals surface area (Å²) >= 11 is 0. The summed E-state index contributed by atoms with van der Waals surface area (Å²) in [4.78, 5) is 0. The van der Waals surface area contributed by atoms with E-state index in [1.54, 1.807) is 11.1 Å². The van der Waals surface area contributed by atoms with Crippen LogP contribution in [0.5, 0.6) is 0 Å². The van der Waals surface area contributed by atoms with Crippen LogP contribution in [0.4, 0.5) is 0 Å². The van der Waals surface area contributed by atoms with Crippen molar-refractivity contribution < 1.29 is 0 Å². The van der Waals surface area contributed by atoms with Gasteiger partial charge in [-0.05, 0) is 43.4 Å². The van der Waals surface area contributed by atoms with Gasteiger partial charge < -0.3 is 0 Å². The summed E-state index contributed by atoms with van der Waals surface area (Å²) in [5.41, 5.74) is 6.05. The number of benzene rings is 1. The molecule has 0 aliphatic rings. The summed E-state index contributed by atoms with van der Waals surface area (Å²) in [6, 6.07) is 4.69. The number of hydrogen-bond donors (Lipinski definition) is 0. The first-order valence-electron chi connectivity index (χ1n) is 5.78. The van der Waals surface area contributed by atoms with Crippen molar-refractivity contribution in [2.24, 2.45) is 0 Å². The molecule has 0 amide bonds. The molecule has 1 rings (SSSR count). The van der Waals surface area contributed by atoms with Gasteiger partial charge in [-0.3, -0.25) is 0 Å². The zero-order valence-corrected chi connectivity index (χ0v) is 9.98. The first-order chi connectivity index (χ1) is 6.69. The van der Waals surface area contributed by atoms with E-state index < -0.39 is 0 Å². The van der Waals surface area contributed by atoms with E-state index in [1.807, 2.05) is 0 Å². The molecule has 0 atom stereocenters. The largest absolute Gasteiger partial charge is 0.0651 e. The molecule has 0 fully saturated rings. The average Bonchev–Trinajstić information content (AvgIpc) is 2.14.